The van der Waals surface area contributed by atoms with Crippen LogP contribution in [0.2, 0.25) is 0 Å². The second-order valence-electron chi connectivity index (χ2n) is 5.23. The van der Waals surface area contributed by atoms with Crippen LogP contribution in [0, 0.1) is 6.92 Å². The van der Waals surface area contributed by atoms with E-state index < -0.39 is 0 Å². The van der Waals surface area contributed by atoms with Crippen molar-refractivity contribution >= 4 is 5.91 Å². The summed E-state index contributed by atoms with van der Waals surface area (Å²) < 4.78 is 0. The van der Waals surface area contributed by atoms with Crippen molar-refractivity contribution in [1.29, 1.82) is 0 Å². The van der Waals surface area contributed by atoms with Gasteiger partial charge in [0, 0.05) is 31.5 Å². The highest BCUT2D eigenvalue weighted by Gasteiger charge is 2.15. The molecule has 0 unspecified atom stereocenters. The molecule has 0 aliphatic carbocycles. The van der Waals surface area contributed by atoms with E-state index in [1.54, 1.807) is 18.9 Å². The highest BCUT2D eigenvalue weighted by molar-refractivity contribution is 5.93. The summed E-state index contributed by atoms with van der Waals surface area (Å²) in [6.07, 6.45) is 2.48. The minimum atomic E-state index is -0.268. The molecular weight excluding hydrogens is 264 g/mol. The number of aryl methyl sites for hydroxylation is 2. The lowest BCUT2D eigenvalue weighted by Gasteiger charge is -2.17. The fraction of sp³-hybridized carbons (Fsp3) is 0.294. The number of amides is 1. The Bertz CT molecular complexity index is 687. The van der Waals surface area contributed by atoms with Crippen LogP contribution >= 0.6 is 0 Å². The van der Waals surface area contributed by atoms with Crippen molar-refractivity contribution in [1.82, 2.24) is 9.88 Å². The quantitative estimate of drug-likeness (QED) is 0.938. The maximum Gasteiger partial charge on any atom is 0.259 e. The van der Waals surface area contributed by atoms with Crippen molar-refractivity contribution in [3.8, 4) is 0 Å². The highest BCUT2D eigenvalue weighted by Crippen LogP contribution is 2.09. The Morgan fingerprint density at radius 2 is 1.81 bits per heavy atom. The van der Waals surface area contributed by atoms with Crippen LogP contribution in [0.25, 0.3) is 0 Å². The number of pyridine rings is 1. The van der Waals surface area contributed by atoms with E-state index in [2.05, 4.69) is 24.0 Å². The van der Waals surface area contributed by atoms with Crippen molar-refractivity contribution in [2.75, 3.05) is 7.05 Å². The lowest BCUT2D eigenvalue weighted by Crippen LogP contribution is -2.30. The largest absolute Gasteiger partial charge is 0.364 e. The lowest BCUT2D eigenvalue weighted by atomic mass is 10.1. The third-order valence-corrected chi connectivity index (χ3v) is 3.49. The molecule has 0 aliphatic rings. The van der Waals surface area contributed by atoms with Crippen molar-refractivity contribution < 1.29 is 4.79 Å². The highest BCUT2D eigenvalue weighted by atomic mass is 16.2. The van der Waals surface area contributed by atoms with Gasteiger partial charge in [-0.15, -0.1) is 0 Å². The van der Waals surface area contributed by atoms with Gasteiger partial charge in [0.15, 0.2) is 5.43 Å². The first-order chi connectivity index (χ1) is 10.0. The molecule has 110 valence electrons. The average Bonchev–Trinajstić information content (AvgIpc) is 2.47. The molecule has 1 heterocycles. The van der Waals surface area contributed by atoms with Crippen LogP contribution in [0.15, 0.2) is 41.3 Å². The Morgan fingerprint density at radius 3 is 2.38 bits per heavy atom. The Balaban J connectivity index is 2.13. The van der Waals surface area contributed by atoms with Crippen LogP contribution in [-0.2, 0) is 13.0 Å². The summed E-state index contributed by atoms with van der Waals surface area (Å²) >= 11 is 0. The monoisotopic (exact) mass is 284 g/mol. The van der Waals surface area contributed by atoms with E-state index in [9.17, 15) is 9.59 Å². The molecule has 2 rings (SSSR count). The lowest BCUT2D eigenvalue weighted by molar-refractivity contribution is 0.0783. The molecule has 0 radical (unpaired) electrons. The third-order valence-electron chi connectivity index (χ3n) is 3.49. The van der Waals surface area contributed by atoms with Crippen LogP contribution in [0.3, 0.4) is 0 Å². The number of aromatic amines is 1. The van der Waals surface area contributed by atoms with Crippen LogP contribution < -0.4 is 5.43 Å². The number of nitrogens with zero attached hydrogens (tertiary/aromatic N) is 1. The number of carbonyl (C=O) groups is 1. The molecule has 0 fully saturated rings. The van der Waals surface area contributed by atoms with Gasteiger partial charge in [0.05, 0.1) is 0 Å². The summed E-state index contributed by atoms with van der Waals surface area (Å²) in [7, 11) is 1.70. The molecule has 0 saturated carbocycles. The molecule has 1 aromatic heterocycles. The van der Waals surface area contributed by atoms with Gasteiger partial charge in [-0.25, -0.2) is 0 Å². The minimum absolute atomic E-state index is 0.174. The molecule has 2 aromatic rings. The predicted octanol–water partition coefficient (Wildman–Crippen LogP) is 2.52. The standard InChI is InChI=1S/C17H20N2O2/c1-4-13-5-7-14(8-6-13)11-19(3)17(21)15-10-18-12(2)9-16(15)20/h5-10H,4,11H2,1-3H3,(H,18,20). The van der Waals surface area contributed by atoms with Gasteiger partial charge < -0.3 is 9.88 Å². The Kier molecular flexibility index (Phi) is 4.58. The molecule has 0 spiro atoms. The molecule has 21 heavy (non-hydrogen) atoms. The van der Waals surface area contributed by atoms with Gasteiger partial charge in [0.1, 0.15) is 5.56 Å². The SMILES string of the molecule is CCc1ccc(CN(C)C(=O)c2c[nH]c(C)cc2=O)cc1. The summed E-state index contributed by atoms with van der Waals surface area (Å²) in [5.74, 6) is -0.268. The molecule has 0 aliphatic heterocycles. The third kappa shape index (κ3) is 3.60. The molecule has 0 saturated heterocycles. The zero-order chi connectivity index (χ0) is 15.4. The van der Waals surface area contributed by atoms with Crippen LogP contribution in [0.5, 0.6) is 0 Å². The first-order valence-corrected chi connectivity index (χ1v) is 7.04. The van der Waals surface area contributed by atoms with Gasteiger partial charge in [-0.1, -0.05) is 31.2 Å². The Morgan fingerprint density at radius 1 is 1.19 bits per heavy atom. The van der Waals surface area contributed by atoms with Crippen molar-refractivity contribution in [2.24, 2.45) is 0 Å². The van der Waals surface area contributed by atoms with E-state index >= 15 is 0 Å². The van der Waals surface area contributed by atoms with Crippen molar-refractivity contribution in [3.05, 3.63) is 69.1 Å². The fourth-order valence-corrected chi connectivity index (χ4v) is 2.17. The molecule has 0 bridgehead atoms. The Hall–Kier alpha value is -2.36. The minimum Gasteiger partial charge on any atom is -0.364 e. The number of H-pyrrole nitrogens is 1. The van der Waals surface area contributed by atoms with E-state index in [0.29, 0.717) is 6.54 Å². The van der Waals surface area contributed by atoms with Crippen LogP contribution in [0.4, 0.5) is 0 Å². The molecule has 4 heteroatoms. The molecule has 1 N–H and O–H groups in total. The van der Waals surface area contributed by atoms with E-state index in [-0.39, 0.29) is 16.9 Å². The normalized spacial score (nSPS) is 10.4. The molecule has 4 nitrogen and oxygen atoms in total. The number of nitrogens with one attached hydrogen (secondary N) is 1. The first kappa shape index (κ1) is 15.0. The Labute approximate surface area is 124 Å². The van der Waals surface area contributed by atoms with E-state index in [1.165, 1.54) is 17.8 Å². The zero-order valence-corrected chi connectivity index (χ0v) is 12.6. The topological polar surface area (TPSA) is 53.2 Å². The van der Waals surface area contributed by atoms with Gasteiger partial charge in [-0.05, 0) is 24.5 Å². The number of carbonyl (C=O) groups excluding carboxylic acids is 1. The molecule has 1 aromatic carbocycles. The fourth-order valence-electron chi connectivity index (χ4n) is 2.17. The summed E-state index contributed by atoms with van der Waals surface area (Å²) in [5, 5.41) is 0. The van der Waals surface area contributed by atoms with Crippen LogP contribution in [-0.4, -0.2) is 22.8 Å². The van der Waals surface area contributed by atoms with Gasteiger partial charge in [-0.2, -0.15) is 0 Å². The number of hydrogen-bond donors (Lipinski definition) is 1. The van der Waals surface area contributed by atoms with Crippen molar-refractivity contribution in [2.45, 2.75) is 26.8 Å². The van der Waals surface area contributed by atoms with Gasteiger partial charge in [0.25, 0.3) is 5.91 Å². The second-order valence-corrected chi connectivity index (χ2v) is 5.23. The smallest absolute Gasteiger partial charge is 0.259 e. The molecule has 1 amide bonds. The summed E-state index contributed by atoms with van der Waals surface area (Å²) in [4.78, 5) is 28.6. The van der Waals surface area contributed by atoms with Crippen molar-refractivity contribution in [3.63, 3.8) is 0 Å². The van der Waals surface area contributed by atoms with Crippen LogP contribution in [0.1, 0.15) is 34.1 Å². The number of aromatic nitrogens is 1. The summed E-state index contributed by atoms with van der Waals surface area (Å²) in [6, 6.07) is 9.60. The van der Waals surface area contributed by atoms with Gasteiger partial charge in [-0.3, -0.25) is 9.59 Å². The zero-order valence-electron chi connectivity index (χ0n) is 12.6. The summed E-state index contributed by atoms with van der Waals surface area (Å²) in [5.41, 5.74) is 2.99. The molecule has 0 atom stereocenters. The number of hydrogen-bond acceptors (Lipinski definition) is 2. The van der Waals surface area contributed by atoms with E-state index in [4.69, 9.17) is 0 Å². The van der Waals surface area contributed by atoms with E-state index in [0.717, 1.165) is 17.7 Å². The second kappa shape index (κ2) is 6.39. The maximum atomic E-state index is 12.3. The van der Waals surface area contributed by atoms with E-state index in [1.807, 2.05) is 12.1 Å². The first-order valence-electron chi connectivity index (χ1n) is 7.04. The maximum absolute atomic E-state index is 12.3. The van der Waals surface area contributed by atoms with Gasteiger partial charge in [0.2, 0.25) is 0 Å². The number of benzene rings is 1. The number of rotatable bonds is 4. The molecular formula is C17H20N2O2. The average molecular weight is 284 g/mol. The predicted molar refractivity (Wildman–Crippen MR) is 83.4 cm³/mol. The van der Waals surface area contributed by atoms with Gasteiger partial charge >= 0.3 is 0 Å². The summed E-state index contributed by atoms with van der Waals surface area (Å²) in [6.45, 7) is 4.37.